The van der Waals surface area contributed by atoms with E-state index in [2.05, 4.69) is 26.0 Å². The first-order chi connectivity index (χ1) is 10.2. The SMILES string of the molecule is CCCCC(C)Oc1ccc(-c2ccc(C=O)cc2)cc1. The van der Waals surface area contributed by atoms with Crippen molar-refractivity contribution in [2.45, 2.75) is 39.2 Å². The maximum atomic E-state index is 10.7. The smallest absolute Gasteiger partial charge is 0.150 e. The van der Waals surface area contributed by atoms with Crippen LogP contribution >= 0.6 is 0 Å². The molecule has 0 bridgehead atoms. The molecule has 110 valence electrons. The van der Waals surface area contributed by atoms with Crippen molar-refractivity contribution in [1.29, 1.82) is 0 Å². The van der Waals surface area contributed by atoms with E-state index in [0.717, 1.165) is 29.6 Å². The molecule has 0 amide bonds. The number of benzene rings is 2. The van der Waals surface area contributed by atoms with Crippen LogP contribution in [0.15, 0.2) is 48.5 Å². The number of unbranched alkanes of at least 4 members (excludes halogenated alkanes) is 1. The lowest BCUT2D eigenvalue weighted by molar-refractivity contribution is 0.112. The molecule has 0 saturated heterocycles. The summed E-state index contributed by atoms with van der Waals surface area (Å²) < 4.78 is 5.90. The van der Waals surface area contributed by atoms with Gasteiger partial charge in [-0.15, -0.1) is 0 Å². The molecule has 0 aliphatic carbocycles. The van der Waals surface area contributed by atoms with Crippen molar-refractivity contribution in [3.63, 3.8) is 0 Å². The second-order valence-corrected chi connectivity index (χ2v) is 5.33. The zero-order valence-electron chi connectivity index (χ0n) is 12.7. The quantitative estimate of drug-likeness (QED) is 0.658. The molecule has 0 aliphatic rings. The summed E-state index contributed by atoms with van der Waals surface area (Å²) >= 11 is 0. The first-order valence-electron chi connectivity index (χ1n) is 7.55. The average molecular weight is 282 g/mol. The van der Waals surface area contributed by atoms with Gasteiger partial charge in [0.15, 0.2) is 0 Å². The third-order valence-corrected chi connectivity index (χ3v) is 3.54. The standard InChI is InChI=1S/C19H22O2/c1-3-4-5-15(2)21-19-12-10-18(11-13-19)17-8-6-16(14-20)7-9-17/h6-15H,3-5H2,1-2H3. The van der Waals surface area contributed by atoms with Crippen LogP contribution < -0.4 is 4.74 Å². The van der Waals surface area contributed by atoms with Crippen LogP contribution in [0.3, 0.4) is 0 Å². The van der Waals surface area contributed by atoms with Crippen molar-refractivity contribution in [1.82, 2.24) is 0 Å². The zero-order valence-corrected chi connectivity index (χ0v) is 12.7. The summed E-state index contributed by atoms with van der Waals surface area (Å²) in [5.74, 6) is 0.909. The Morgan fingerprint density at radius 1 is 1.00 bits per heavy atom. The van der Waals surface area contributed by atoms with E-state index in [1.165, 1.54) is 12.8 Å². The predicted molar refractivity (Wildman–Crippen MR) is 86.9 cm³/mol. The van der Waals surface area contributed by atoms with Crippen LogP contribution in [0.2, 0.25) is 0 Å². The number of carbonyl (C=O) groups excluding carboxylic acids is 1. The monoisotopic (exact) mass is 282 g/mol. The summed E-state index contributed by atoms with van der Waals surface area (Å²) in [5, 5.41) is 0. The number of aldehydes is 1. The fourth-order valence-corrected chi connectivity index (χ4v) is 2.26. The second-order valence-electron chi connectivity index (χ2n) is 5.33. The summed E-state index contributed by atoms with van der Waals surface area (Å²) in [6, 6.07) is 15.7. The highest BCUT2D eigenvalue weighted by atomic mass is 16.5. The lowest BCUT2D eigenvalue weighted by Gasteiger charge is -2.14. The second kappa shape index (κ2) is 7.63. The Labute approximate surface area is 126 Å². The van der Waals surface area contributed by atoms with Crippen LogP contribution in [-0.2, 0) is 0 Å². The Hall–Kier alpha value is -2.09. The van der Waals surface area contributed by atoms with Gasteiger partial charge >= 0.3 is 0 Å². The first-order valence-corrected chi connectivity index (χ1v) is 7.55. The highest BCUT2D eigenvalue weighted by molar-refractivity contribution is 5.76. The van der Waals surface area contributed by atoms with Crippen LogP contribution in [0.25, 0.3) is 11.1 Å². The molecule has 2 aromatic carbocycles. The predicted octanol–water partition coefficient (Wildman–Crippen LogP) is 5.12. The van der Waals surface area contributed by atoms with Crippen LogP contribution in [0.4, 0.5) is 0 Å². The van der Waals surface area contributed by atoms with Crippen LogP contribution in [0, 0.1) is 0 Å². The van der Waals surface area contributed by atoms with Crippen LogP contribution in [-0.4, -0.2) is 12.4 Å². The van der Waals surface area contributed by atoms with E-state index in [9.17, 15) is 4.79 Å². The summed E-state index contributed by atoms with van der Waals surface area (Å²) in [6.45, 7) is 4.30. The van der Waals surface area contributed by atoms with Gasteiger partial charge < -0.3 is 4.74 Å². The van der Waals surface area contributed by atoms with Gasteiger partial charge in [-0.3, -0.25) is 4.79 Å². The van der Waals surface area contributed by atoms with E-state index >= 15 is 0 Å². The van der Waals surface area contributed by atoms with Gasteiger partial charge in [0.2, 0.25) is 0 Å². The number of carbonyl (C=O) groups is 1. The molecule has 2 aromatic rings. The number of rotatable bonds is 7. The summed E-state index contributed by atoms with van der Waals surface area (Å²) in [7, 11) is 0. The third-order valence-electron chi connectivity index (χ3n) is 3.54. The third kappa shape index (κ3) is 4.45. The van der Waals surface area contributed by atoms with E-state index < -0.39 is 0 Å². The zero-order chi connectivity index (χ0) is 15.1. The summed E-state index contributed by atoms with van der Waals surface area (Å²) in [6.07, 6.45) is 4.60. The number of hydrogen-bond donors (Lipinski definition) is 0. The molecule has 1 atom stereocenters. The average Bonchev–Trinajstić information content (AvgIpc) is 2.54. The molecule has 1 unspecified atom stereocenters. The number of hydrogen-bond acceptors (Lipinski definition) is 2. The van der Waals surface area contributed by atoms with E-state index in [0.29, 0.717) is 5.56 Å². The van der Waals surface area contributed by atoms with Gasteiger partial charge in [-0.1, -0.05) is 56.2 Å². The Morgan fingerprint density at radius 3 is 2.10 bits per heavy atom. The van der Waals surface area contributed by atoms with Crippen molar-refractivity contribution in [2.24, 2.45) is 0 Å². The van der Waals surface area contributed by atoms with E-state index in [4.69, 9.17) is 4.74 Å². The fraction of sp³-hybridized carbons (Fsp3) is 0.316. The minimum absolute atomic E-state index is 0.252. The molecule has 2 heteroatoms. The molecule has 0 heterocycles. The van der Waals surface area contributed by atoms with Crippen molar-refractivity contribution in [3.05, 3.63) is 54.1 Å². The lowest BCUT2D eigenvalue weighted by Crippen LogP contribution is -2.11. The molecule has 0 aromatic heterocycles. The van der Waals surface area contributed by atoms with E-state index in [1.54, 1.807) is 0 Å². The molecule has 2 rings (SSSR count). The highest BCUT2D eigenvalue weighted by Gasteiger charge is 2.04. The minimum atomic E-state index is 0.252. The van der Waals surface area contributed by atoms with E-state index in [-0.39, 0.29) is 6.10 Å². The highest BCUT2D eigenvalue weighted by Crippen LogP contribution is 2.23. The molecule has 0 radical (unpaired) electrons. The molecule has 0 fully saturated rings. The van der Waals surface area contributed by atoms with Crippen molar-refractivity contribution >= 4 is 6.29 Å². The van der Waals surface area contributed by atoms with Gasteiger partial charge in [0.1, 0.15) is 12.0 Å². The Bertz CT molecular complexity index is 555. The maximum absolute atomic E-state index is 10.7. The molecule has 0 saturated carbocycles. The van der Waals surface area contributed by atoms with E-state index in [1.807, 2.05) is 36.4 Å². The molecule has 0 aliphatic heterocycles. The maximum Gasteiger partial charge on any atom is 0.150 e. The van der Waals surface area contributed by atoms with Gasteiger partial charge in [-0.25, -0.2) is 0 Å². The Morgan fingerprint density at radius 2 is 1.57 bits per heavy atom. The van der Waals surface area contributed by atoms with Gasteiger partial charge in [-0.05, 0) is 36.6 Å². The van der Waals surface area contributed by atoms with Gasteiger partial charge in [0, 0.05) is 5.56 Å². The van der Waals surface area contributed by atoms with Gasteiger partial charge in [0.25, 0.3) is 0 Å². The Balaban J connectivity index is 2.02. The summed E-state index contributed by atoms with van der Waals surface area (Å²) in [5.41, 5.74) is 2.93. The van der Waals surface area contributed by atoms with Crippen molar-refractivity contribution in [3.8, 4) is 16.9 Å². The van der Waals surface area contributed by atoms with Crippen LogP contribution in [0.5, 0.6) is 5.75 Å². The first kappa shape index (κ1) is 15.3. The molecule has 21 heavy (non-hydrogen) atoms. The fourth-order valence-electron chi connectivity index (χ4n) is 2.26. The topological polar surface area (TPSA) is 26.3 Å². The van der Waals surface area contributed by atoms with Gasteiger partial charge in [-0.2, -0.15) is 0 Å². The van der Waals surface area contributed by atoms with Crippen molar-refractivity contribution < 1.29 is 9.53 Å². The Kier molecular flexibility index (Phi) is 5.56. The lowest BCUT2D eigenvalue weighted by atomic mass is 10.0. The molecular weight excluding hydrogens is 260 g/mol. The number of ether oxygens (including phenoxy) is 1. The van der Waals surface area contributed by atoms with Crippen LogP contribution in [0.1, 0.15) is 43.5 Å². The molecule has 0 spiro atoms. The largest absolute Gasteiger partial charge is 0.491 e. The normalized spacial score (nSPS) is 11.9. The minimum Gasteiger partial charge on any atom is -0.491 e. The molecule has 0 N–H and O–H groups in total. The molecular formula is C19H22O2. The molecule has 2 nitrogen and oxygen atoms in total. The van der Waals surface area contributed by atoms with Crippen molar-refractivity contribution in [2.75, 3.05) is 0 Å². The van der Waals surface area contributed by atoms with Gasteiger partial charge in [0.05, 0.1) is 6.10 Å². The summed E-state index contributed by atoms with van der Waals surface area (Å²) in [4.78, 5) is 10.7.